The topological polar surface area (TPSA) is 96.2 Å². The van der Waals surface area contributed by atoms with E-state index >= 15 is 0 Å². The molecule has 2 unspecified atom stereocenters. The van der Waals surface area contributed by atoms with Crippen molar-refractivity contribution in [2.45, 2.75) is 57.7 Å². The van der Waals surface area contributed by atoms with Crippen LogP contribution >= 0.6 is 0 Å². The minimum atomic E-state index is -1.34. The van der Waals surface area contributed by atoms with Crippen molar-refractivity contribution in [1.29, 1.82) is 0 Å². The maximum atomic E-state index is 11.5. The quantitative estimate of drug-likeness (QED) is 0.415. The van der Waals surface area contributed by atoms with E-state index in [-0.39, 0.29) is 5.76 Å². The van der Waals surface area contributed by atoms with E-state index in [9.17, 15) is 15.0 Å². The number of hydrogen-bond acceptors (Lipinski definition) is 6. The van der Waals surface area contributed by atoms with E-state index in [2.05, 4.69) is 6.92 Å². The van der Waals surface area contributed by atoms with Crippen LogP contribution in [-0.4, -0.2) is 46.7 Å². The van der Waals surface area contributed by atoms with E-state index in [1.54, 1.807) is 0 Å². The van der Waals surface area contributed by atoms with Gasteiger partial charge in [-0.25, -0.2) is 4.79 Å². The zero-order valence-corrected chi connectivity index (χ0v) is 11.9. The second kappa shape index (κ2) is 8.81. The predicted molar refractivity (Wildman–Crippen MR) is 72.0 cm³/mol. The SMILES string of the molecule is CCCCCCCCOC1=C(O)C(C(O)CO)OC1=O. The van der Waals surface area contributed by atoms with Crippen molar-refractivity contribution in [2.75, 3.05) is 13.2 Å². The molecule has 1 aliphatic rings. The monoisotopic (exact) mass is 288 g/mol. The third-order valence-corrected chi connectivity index (χ3v) is 3.20. The highest BCUT2D eigenvalue weighted by Gasteiger charge is 2.40. The molecule has 116 valence electrons. The van der Waals surface area contributed by atoms with Gasteiger partial charge in [-0.05, 0) is 6.42 Å². The summed E-state index contributed by atoms with van der Waals surface area (Å²) in [5.74, 6) is -1.50. The molecular weight excluding hydrogens is 264 g/mol. The Bertz CT molecular complexity index is 339. The maximum absolute atomic E-state index is 11.5. The van der Waals surface area contributed by atoms with Crippen LogP contribution in [0.5, 0.6) is 0 Å². The zero-order valence-electron chi connectivity index (χ0n) is 11.9. The summed E-state index contributed by atoms with van der Waals surface area (Å²) in [7, 11) is 0. The van der Waals surface area contributed by atoms with Gasteiger partial charge in [0, 0.05) is 0 Å². The van der Waals surface area contributed by atoms with Gasteiger partial charge in [0.15, 0.2) is 11.9 Å². The van der Waals surface area contributed by atoms with Crippen LogP contribution in [0.1, 0.15) is 45.4 Å². The summed E-state index contributed by atoms with van der Waals surface area (Å²) in [6, 6.07) is 0. The summed E-state index contributed by atoms with van der Waals surface area (Å²) in [6.45, 7) is 1.87. The van der Waals surface area contributed by atoms with Crippen LogP contribution in [0.15, 0.2) is 11.5 Å². The highest BCUT2D eigenvalue weighted by molar-refractivity contribution is 5.89. The smallest absolute Gasteiger partial charge is 0.378 e. The van der Waals surface area contributed by atoms with E-state index in [0.717, 1.165) is 19.3 Å². The van der Waals surface area contributed by atoms with Gasteiger partial charge in [0.2, 0.25) is 5.76 Å². The minimum absolute atomic E-state index is 0.254. The normalized spacial score (nSPS) is 20.1. The van der Waals surface area contributed by atoms with Crippen LogP contribution in [0.3, 0.4) is 0 Å². The molecule has 0 aromatic rings. The Hall–Kier alpha value is -1.27. The molecule has 1 rings (SSSR count). The predicted octanol–water partition coefficient (Wildman–Crippen LogP) is 1.41. The number of aliphatic hydroxyl groups excluding tert-OH is 3. The Labute approximate surface area is 119 Å². The summed E-state index contributed by atoms with van der Waals surface area (Å²) in [5.41, 5.74) is 0. The van der Waals surface area contributed by atoms with E-state index in [0.29, 0.717) is 6.61 Å². The summed E-state index contributed by atoms with van der Waals surface area (Å²) < 4.78 is 9.97. The van der Waals surface area contributed by atoms with Gasteiger partial charge in [-0.2, -0.15) is 0 Å². The maximum Gasteiger partial charge on any atom is 0.378 e. The molecule has 0 spiro atoms. The van der Waals surface area contributed by atoms with Gasteiger partial charge in [-0.15, -0.1) is 0 Å². The molecule has 3 N–H and O–H groups in total. The standard InChI is InChI=1S/C14H24O6/c1-2-3-4-5-6-7-8-19-13-11(17)12(10(16)9-15)20-14(13)18/h10,12,15-17H,2-9H2,1H3. The number of aliphatic hydroxyl groups is 3. The van der Waals surface area contributed by atoms with Gasteiger partial charge in [0.05, 0.1) is 13.2 Å². The zero-order chi connectivity index (χ0) is 15.0. The highest BCUT2D eigenvalue weighted by Crippen LogP contribution is 2.24. The summed E-state index contributed by atoms with van der Waals surface area (Å²) in [6.07, 6.45) is 3.96. The Balaban J connectivity index is 2.31. The lowest BCUT2D eigenvalue weighted by molar-refractivity contribution is -0.148. The molecule has 0 saturated carbocycles. The van der Waals surface area contributed by atoms with E-state index in [1.807, 2.05) is 0 Å². The third-order valence-electron chi connectivity index (χ3n) is 3.20. The van der Waals surface area contributed by atoms with E-state index in [1.165, 1.54) is 19.3 Å². The fraction of sp³-hybridized carbons (Fsp3) is 0.786. The molecule has 1 aliphatic heterocycles. The number of carbonyl (C=O) groups is 1. The third kappa shape index (κ3) is 4.68. The Morgan fingerprint density at radius 2 is 1.90 bits per heavy atom. The second-order valence-electron chi connectivity index (χ2n) is 4.91. The van der Waals surface area contributed by atoms with Crippen molar-refractivity contribution >= 4 is 5.97 Å². The molecule has 6 nitrogen and oxygen atoms in total. The van der Waals surface area contributed by atoms with Gasteiger partial charge in [0.1, 0.15) is 6.10 Å². The molecule has 6 heteroatoms. The molecule has 0 saturated heterocycles. The number of unbranched alkanes of at least 4 members (excludes halogenated alkanes) is 5. The van der Waals surface area contributed by atoms with Gasteiger partial charge < -0.3 is 24.8 Å². The molecule has 0 amide bonds. The number of carbonyl (C=O) groups excluding carboxylic acids is 1. The van der Waals surface area contributed by atoms with E-state index < -0.39 is 30.5 Å². The average molecular weight is 288 g/mol. The van der Waals surface area contributed by atoms with Gasteiger partial charge in [-0.1, -0.05) is 39.0 Å². The van der Waals surface area contributed by atoms with Crippen molar-refractivity contribution in [3.05, 3.63) is 11.5 Å². The van der Waals surface area contributed by atoms with Crippen molar-refractivity contribution in [2.24, 2.45) is 0 Å². The van der Waals surface area contributed by atoms with Crippen LogP contribution in [0.4, 0.5) is 0 Å². The lowest BCUT2D eigenvalue weighted by Gasteiger charge is -2.13. The first-order valence-corrected chi connectivity index (χ1v) is 7.17. The van der Waals surface area contributed by atoms with Crippen molar-refractivity contribution < 1.29 is 29.6 Å². The Kier molecular flexibility index (Phi) is 7.40. The van der Waals surface area contributed by atoms with E-state index in [4.69, 9.17) is 14.6 Å². The lowest BCUT2D eigenvalue weighted by atomic mass is 10.1. The average Bonchev–Trinajstić information content (AvgIpc) is 2.73. The lowest BCUT2D eigenvalue weighted by Crippen LogP contribution is -2.31. The molecule has 20 heavy (non-hydrogen) atoms. The first kappa shape index (κ1) is 16.8. The molecule has 0 aliphatic carbocycles. The largest absolute Gasteiger partial charge is 0.505 e. The number of ether oxygens (including phenoxy) is 2. The first-order valence-electron chi connectivity index (χ1n) is 7.17. The number of cyclic esters (lactones) is 1. The molecule has 2 atom stereocenters. The molecule has 0 aromatic carbocycles. The Morgan fingerprint density at radius 1 is 1.25 bits per heavy atom. The minimum Gasteiger partial charge on any atom is -0.505 e. The fourth-order valence-electron chi connectivity index (χ4n) is 2.00. The summed E-state index contributed by atoms with van der Waals surface area (Å²) >= 11 is 0. The van der Waals surface area contributed by atoms with Crippen LogP contribution in [0.2, 0.25) is 0 Å². The first-order chi connectivity index (χ1) is 9.61. The van der Waals surface area contributed by atoms with Crippen LogP contribution in [-0.2, 0) is 14.3 Å². The molecule has 0 fully saturated rings. The van der Waals surface area contributed by atoms with Crippen LogP contribution in [0, 0.1) is 0 Å². The fourth-order valence-corrected chi connectivity index (χ4v) is 2.00. The second-order valence-corrected chi connectivity index (χ2v) is 4.91. The molecule has 0 radical (unpaired) electrons. The van der Waals surface area contributed by atoms with Crippen LogP contribution < -0.4 is 0 Å². The molecule has 1 heterocycles. The van der Waals surface area contributed by atoms with Crippen molar-refractivity contribution in [1.82, 2.24) is 0 Å². The molecule has 0 bridgehead atoms. The van der Waals surface area contributed by atoms with Crippen LogP contribution in [0.25, 0.3) is 0 Å². The highest BCUT2D eigenvalue weighted by atomic mass is 16.6. The molecule has 0 aromatic heterocycles. The Morgan fingerprint density at radius 3 is 2.55 bits per heavy atom. The van der Waals surface area contributed by atoms with Gasteiger partial charge >= 0.3 is 5.97 Å². The number of rotatable bonds is 10. The van der Waals surface area contributed by atoms with Gasteiger partial charge in [-0.3, -0.25) is 0 Å². The number of esters is 1. The summed E-state index contributed by atoms with van der Waals surface area (Å²) in [5, 5.41) is 27.9. The van der Waals surface area contributed by atoms with Crippen molar-refractivity contribution in [3.63, 3.8) is 0 Å². The van der Waals surface area contributed by atoms with Crippen molar-refractivity contribution in [3.8, 4) is 0 Å². The summed E-state index contributed by atoms with van der Waals surface area (Å²) in [4.78, 5) is 11.5. The van der Waals surface area contributed by atoms with Gasteiger partial charge in [0.25, 0.3) is 0 Å². The number of hydrogen-bond donors (Lipinski definition) is 3. The molecular formula is C14H24O6.